The zero-order chi connectivity index (χ0) is 26.4. The second-order valence-electron chi connectivity index (χ2n) is 10.0. The van der Waals surface area contributed by atoms with Gasteiger partial charge in [0, 0.05) is 13.1 Å². The maximum absolute atomic E-state index is 14.6. The Hall–Kier alpha value is -3.35. The highest BCUT2D eigenvalue weighted by Crippen LogP contribution is 2.37. The smallest absolute Gasteiger partial charge is 0.329 e. The predicted octanol–water partition coefficient (Wildman–Crippen LogP) is 7.83. The Morgan fingerprint density at radius 3 is 2.36 bits per heavy atom. The predicted molar refractivity (Wildman–Crippen MR) is 133 cm³/mol. The Bertz CT molecular complexity index is 1310. The summed E-state index contributed by atoms with van der Waals surface area (Å²) in [6.07, 6.45) is -4.45. The minimum atomic E-state index is -4.45. The van der Waals surface area contributed by atoms with E-state index in [1.54, 1.807) is 19.1 Å². The molecule has 36 heavy (non-hydrogen) atoms. The molecule has 190 valence electrons. The molecule has 0 radical (unpaired) electrons. The molecule has 3 aromatic rings. The minimum absolute atomic E-state index is 0.0100. The lowest BCUT2D eigenvalue weighted by molar-refractivity contribution is -0.137. The monoisotopic (exact) mass is 498 g/mol. The van der Waals surface area contributed by atoms with E-state index in [1.165, 1.54) is 4.90 Å². The molecule has 1 atom stereocenters. The molecule has 1 heterocycles. The van der Waals surface area contributed by atoms with Gasteiger partial charge in [0.05, 0.1) is 11.6 Å². The number of hydrogen-bond acceptors (Lipinski definition) is 1. The molecular weight excluding hydrogens is 468 g/mol. The lowest BCUT2D eigenvalue weighted by Crippen LogP contribution is -2.27. The Kier molecular flexibility index (Phi) is 6.86. The van der Waals surface area contributed by atoms with Gasteiger partial charge in [0.15, 0.2) is 0 Å². The summed E-state index contributed by atoms with van der Waals surface area (Å²) in [7, 11) is 0. The molecule has 3 aromatic carbocycles. The van der Waals surface area contributed by atoms with Crippen LogP contribution in [0.5, 0.6) is 0 Å². The first-order valence-corrected chi connectivity index (χ1v) is 12.0. The maximum atomic E-state index is 14.6. The highest BCUT2D eigenvalue weighted by molar-refractivity contribution is 5.79. The summed E-state index contributed by atoms with van der Waals surface area (Å²) in [6, 6.07) is 12.6. The van der Waals surface area contributed by atoms with E-state index in [-0.39, 0.29) is 30.4 Å². The van der Waals surface area contributed by atoms with Gasteiger partial charge >= 0.3 is 12.2 Å². The van der Waals surface area contributed by atoms with Crippen LogP contribution in [0.4, 0.5) is 22.4 Å². The van der Waals surface area contributed by atoms with Crippen LogP contribution in [-0.4, -0.2) is 17.5 Å². The summed E-state index contributed by atoms with van der Waals surface area (Å²) in [5.41, 5.74) is 5.33. The number of rotatable bonds is 5. The summed E-state index contributed by atoms with van der Waals surface area (Å²) >= 11 is 0. The molecule has 3 nitrogen and oxygen atoms in total. The van der Waals surface area contributed by atoms with Crippen LogP contribution >= 0.6 is 0 Å². The number of carbonyl (C=O) groups excluding carboxylic acids is 1. The third kappa shape index (κ3) is 5.25. The fourth-order valence-electron chi connectivity index (χ4n) is 4.88. The van der Waals surface area contributed by atoms with Crippen molar-refractivity contribution in [2.75, 3.05) is 6.54 Å². The largest absolute Gasteiger partial charge is 0.416 e. The van der Waals surface area contributed by atoms with Crippen molar-refractivity contribution in [3.8, 4) is 11.1 Å². The Balaban J connectivity index is 1.67. The van der Waals surface area contributed by atoms with E-state index in [4.69, 9.17) is 0 Å². The molecule has 0 bridgehead atoms. The van der Waals surface area contributed by atoms with Gasteiger partial charge in [0.2, 0.25) is 0 Å². The lowest BCUT2D eigenvalue weighted by Gasteiger charge is -2.20. The normalized spacial score (nSPS) is 16.1. The first-order chi connectivity index (χ1) is 16.8. The zero-order valence-corrected chi connectivity index (χ0v) is 21.1. The van der Waals surface area contributed by atoms with Crippen molar-refractivity contribution in [3.63, 3.8) is 0 Å². The van der Waals surface area contributed by atoms with Crippen LogP contribution in [0.15, 0.2) is 48.5 Å². The van der Waals surface area contributed by atoms with Gasteiger partial charge in [-0.2, -0.15) is 13.2 Å². The molecular formula is C29H30F4N2O. The molecule has 4 rings (SSSR count). The number of nitrogens with zero attached hydrogens (tertiary/aromatic N) is 1. The van der Waals surface area contributed by atoms with Gasteiger partial charge in [-0.25, -0.2) is 9.18 Å². The van der Waals surface area contributed by atoms with Crippen molar-refractivity contribution in [1.29, 1.82) is 0 Å². The molecule has 0 aromatic heterocycles. The molecule has 7 heteroatoms. The average Bonchev–Trinajstić information content (AvgIpc) is 3.13. The van der Waals surface area contributed by atoms with Gasteiger partial charge in [0.1, 0.15) is 5.82 Å². The standard InChI is InChI=1S/C29H30F4N2O/c1-16(2)23-13-24(19(5)11-26(23)30)22-7-6-17(3)10-25(22)27-15-35(28(36)34-27)14-20-8-18(4)9-21(12-20)29(31,32)33/h6-13,16,27H,14-15H2,1-5H3,(H,34,36). The number of halogens is 4. The number of carbonyl (C=O) groups is 1. The molecule has 1 saturated heterocycles. The number of aryl methyl sites for hydroxylation is 3. The van der Waals surface area contributed by atoms with E-state index in [1.807, 2.05) is 52.0 Å². The first-order valence-electron chi connectivity index (χ1n) is 12.0. The van der Waals surface area contributed by atoms with Crippen molar-refractivity contribution in [1.82, 2.24) is 10.2 Å². The van der Waals surface area contributed by atoms with Crippen molar-refractivity contribution >= 4 is 6.03 Å². The van der Waals surface area contributed by atoms with Crippen molar-refractivity contribution < 1.29 is 22.4 Å². The van der Waals surface area contributed by atoms with E-state index in [2.05, 4.69) is 5.32 Å². The van der Waals surface area contributed by atoms with Crippen LogP contribution < -0.4 is 5.32 Å². The van der Waals surface area contributed by atoms with Crippen LogP contribution in [0.1, 0.15) is 64.8 Å². The molecule has 1 aliphatic heterocycles. The molecule has 0 spiro atoms. The van der Waals surface area contributed by atoms with E-state index >= 15 is 0 Å². The fraction of sp³-hybridized carbons (Fsp3) is 0.345. The molecule has 1 unspecified atom stereocenters. The van der Waals surface area contributed by atoms with Gasteiger partial charge in [-0.3, -0.25) is 0 Å². The number of urea groups is 1. The van der Waals surface area contributed by atoms with Crippen molar-refractivity contribution in [2.24, 2.45) is 0 Å². The highest BCUT2D eigenvalue weighted by atomic mass is 19.4. The van der Waals surface area contributed by atoms with Gasteiger partial charge in [-0.05, 0) is 84.3 Å². The third-order valence-electron chi connectivity index (χ3n) is 6.66. The summed E-state index contributed by atoms with van der Waals surface area (Å²) < 4.78 is 54.4. The number of hydrogen-bond donors (Lipinski definition) is 1. The molecule has 1 aliphatic rings. The van der Waals surface area contributed by atoms with Gasteiger partial charge in [-0.15, -0.1) is 0 Å². The molecule has 0 aliphatic carbocycles. The Morgan fingerprint density at radius 2 is 1.69 bits per heavy atom. The van der Waals surface area contributed by atoms with Crippen molar-refractivity contribution in [3.05, 3.63) is 93.3 Å². The quantitative estimate of drug-likeness (QED) is 0.357. The minimum Gasteiger partial charge on any atom is -0.329 e. The number of benzene rings is 3. The topological polar surface area (TPSA) is 32.3 Å². The summed E-state index contributed by atoms with van der Waals surface area (Å²) in [6.45, 7) is 9.70. The summed E-state index contributed by atoms with van der Waals surface area (Å²) in [5.74, 6) is -0.229. The van der Waals surface area contributed by atoms with Crippen LogP contribution in [0.3, 0.4) is 0 Å². The Morgan fingerprint density at radius 1 is 0.972 bits per heavy atom. The second kappa shape index (κ2) is 9.60. The van der Waals surface area contributed by atoms with E-state index in [0.29, 0.717) is 23.2 Å². The lowest BCUT2D eigenvalue weighted by atomic mass is 9.88. The number of alkyl halides is 3. The Labute approximate surface area is 209 Å². The first kappa shape index (κ1) is 25.7. The zero-order valence-electron chi connectivity index (χ0n) is 21.1. The van der Waals surface area contributed by atoms with E-state index in [9.17, 15) is 22.4 Å². The molecule has 0 saturated carbocycles. The van der Waals surface area contributed by atoms with E-state index in [0.717, 1.165) is 39.9 Å². The highest BCUT2D eigenvalue weighted by Gasteiger charge is 2.34. The molecule has 1 N–H and O–H groups in total. The fourth-order valence-corrected chi connectivity index (χ4v) is 4.88. The molecule has 1 fully saturated rings. The van der Waals surface area contributed by atoms with Crippen LogP contribution in [0, 0.1) is 26.6 Å². The van der Waals surface area contributed by atoms with Gasteiger partial charge < -0.3 is 10.2 Å². The average molecular weight is 499 g/mol. The number of amides is 2. The molecule has 2 amide bonds. The van der Waals surface area contributed by atoms with Crippen LogP contribution in [0.2, 0.25) is 0 Å². The second-order valence-corrected chi connectivity index (χ2v) is 10.0. The third-order valence-corrected chi connectivity index (χ3v) is 6.66. The van der Waals surface area contributed by atoms with Crippen LogP contribution in [0.25, 0.3) is 11.1 Å². The van der Waals surface area contributed by atoms with Gasteiger partial charge in [0.25, 0.3) is 0 Å². The van der Waals surface area contributed by atoms with Gasteiger partial charge in [-0.1, -0.05) is 49.2 Å². The SMILES string of the molecule is Cc1cc(CN2CC(c3cc(C)ccc3-c3cc(C(C)C)c(F)cc3C)NC2=O)cc(C(F)(F)F)c1. The van der Waals surface area contributed by atoms with E-state index < -0.39 is 11.7 Å². The number of nitrogens with one attached hydrogen (secondary N) is 1. The maximum Gasteiger partial charge on any atom is 0.416 e. The summed E-state index contributed by atoms with van der Waals surface area (Å²) in [5, 5.41) is 3.00. The van der Waals surface area contributed by atoms with Crippen LogP contribution in [-0.2, 0) is 12.7 Å². The summed E-state index contributed by atoms with van der Waals surface area (Å²) in [4.78, 5) is 14.4. The van der Waals surface area contributed by atoms with Crippen molar-refractivity contribution in [2.45, 2.75) is 59.3 Å².